The van der Waals surface area contributed by atoms with Crippen LogP contribution in [0.3, 0.4) is 0 Å². The van der Waals surface area contributed by atoms with Crippen molar-refractivity contribution in [3.05, 3.63) is 30.3 Å². The molecule has 6 nitrogen and oxygen atoms in total. The normalized spacial score (nSPS) is 17.7. The Bertz CT molecular complexity index is 574. The van der Waals surface area contributed by atoms with Gasteiger partial charge in [0.25, 0.3) is 0 Å². The van der Waals surface area contributed by atoms with E-state index in [1.54, 1.807) is 0 Å². The molecule has 2 fully saturated rings. The quantitative estimate of drug-likeness (QED) is 0.206. The molecule has 0 unspecified atom stereocenters. The van der Waals surface area contributed by atoms with Gasteiger partial charge in [0.15, 0.2) is 5.96 Å². The molecule has 1 aliphatic carbocycles. The molecule has 0 aromatic heterocycles. The molecule has 1 aromatic carbocycles. The van der Waals surface area contributed by atoms with Crippen LogP contribution >= 0.6 is 24.0 Å². The number of ether oxygens (including phenoxy) is 1. The molecule has 2 N–H and O–H groups in total. The van der Waals surface area contributed by atoms with Gasteiger partial charge >= 0.3 is 0 Å². The summed E-state index contributed by atoms with van der Waals surface area (Å²) < 4.78 is 5.67. The maximum absolute atomic E-state index is 5.67. The van der Waals surface area contributed by atoms with Crippen LogP contribution in [0.5, 0.6) is 0 Å². The smallest absolute Gasteiger partial charge is 0.190 e. The van der Waals surface area contributed by atoms with Gasteiger partial charge in [-0.2, -0.15) is 0 Å². The van der Waals surface area contributed by atoms with E-state index in [0.29, 0.717) is 0 Å². The second kappa shape index (κ2) is 14.0. The molecule has 1 aliphatic heterocycles. The highest BCUT2D eigenvalue weighted by Crippen LogP contribution is 2.28. The Morgan fingerprint density at radius 2 is 1.72 bits per heavy atom. The number of guanidine groups is 1. The Morgan fingerprint density at radius 3 is 2.38 bits per heavy atom. The van der Waals surface area contributed by atoms with Crippen molar-refractivity contribution in [1.82, 2.24) is 15.5 Å². The lowest BCUT2D eigenvalue weighted by molar-refractivity contribution is 0.123. The lowest BCUT2D eigenvalue weighted by Gasteiger charge is -2.36. The largest absolute Gasteiger partial charge is 0.381 e. The maximum atomic E-state index is 5.67. The number of rotatable bonds is 11. The van der Waals surface area contributed by atoms with Crippen LogP contribution in [-0.2, 0) is 4.74 Å². The minimum Gasteiger partial charge on any atom is -0.381 e. The van der Waals surface area contributed by atoms with Gasteiger partial charge in [-0.25, -0.2) is 0 Å². The van der Waals surface area contributed by atoms with Crippen molar-refractivity contribution in [3.8, 4) is 0 Å². The van der Waals surface area contributed by atoms with Gasteiger partial charge < -0.3 is 20.3 Å². The number of nitrogens with one attached hydrogen (secondary N) is 2. The molecule has 1 saturated carbocycles. The SMILES string of the molecule is CN=C(NCCCOCC1CC1)NCCCN1CCN(c2ccccc2)CC1.I. The van der Waals surface area contributed by atoms with Crippen molar-refractivity contribution >= 4 is 35.6 Å². The molecule has 3 rings (SSSR count). The minimum absolute atomic E-state index is 0. The number of piperazine rings is 1. The Kier molecular flexibility index (Phi) is 11.7. The molecule has 29 heavy (non-hydrogen) atoms. The monoisotopic (exact) mass is 515 g/mol. The molecule has 0 atom stereocenters. The lowest BCUT2D eigenvalue weighted by atomic mass is 10.2. The van der Waals surface area contributed by atoms with Crippen LogP contribution in [-0.4, -0.2) is 76.9 Å². The third-order valence-corrected chi connectivity index (χ3v) is 5.47. The number of hydrogen-bond donors (Lipinski definition) is 2. The average Bonchev–Trinajstić information content (AvgIpc) is 3.57. The number of benzene rings is 1. The molecule has 0 radical (unpaired) electrons. The van der Waals surface area contributed by atoms with Crippen LogP contribution < -0.4 is 15.5 Å². The number of halogens is 1. The highest BCUT2D eigenvalue weighted by Gasteiger charge is 2.20. The minimum atomic E-state index is 0. The highest BCUT2D eigenvalue weighted by atomic mass is 127. The van der Waals surface area contributed by atoms with E-state index in [1.807, 2.05) is 7.05 Å². The zero-order chi connectivity index (χ0) is 19.4. The molecule has 1 aromatic rings. The fraction of sp³-hybridized carbons (Fsp3) is 0.682. The van der Waals surface area contributed by atoms with Gasteiger partial charge in [-0.3, -0.25) is 9.89 Å². The Morgan fingerprint density at radius 1 is 1.03 bits per heavy atom. The number of nitrogens with zero attached hydrogens (tertiary/aromatic N) is 3. The molecule has 0 bridgehead atoms. The van der Waals surface area contributed by atoms with E-state index in [-0.39, 0.29) is 24.0 Å². The first-order valence-electron chi connectivity index (χ1n) is 10.9. The second-order valence-corrected chi connectivity index (χ2v) is 7.82. The second-order valence-electron chi connectivity index (χ2n) is 7.82. The maximum Gasteiger partial charge on any atom is 0.190 e. The predicted octanol–water partition coefficient (Wildman–Crippen LogP) is 2.80. The summed E-state index contributed by atoms with van der Waals surface area (Å²) in [6.45, 7) is 9.31. The average molecular weight is 515 g/mol. The van der Waals surface area contributed by atoms with Crippen molar-refractivity contribution in [2.24, 2.45) is 10.9 Å². The van der Waals surface area contributed by atoms with E-state index in [2.05, 4.69) is 55.8 Å². The Balaban J connectivity index is 0.00000300. The van der Waals surface area contributed by atoms with Gasteiger partial charge in [0.1, 0.15) is 0 Å². The fourth-order valence-electron chi connectivity index (χ4n) is 3.51. The third-order valence-electron chi connectivity index (χ3n) is 5.47. The van der Waals surface area contributed by atoms with E-state index in [9.17, 15) is 0 Å². The van der Waals surface area contributed by atoms with Gasteiger partial charge in [0, 0.05) is 65.2 Å². The van der Waals surface area contributed by atoms with Gasteiger partial charge in [0.2, 0.25) is 0 Å². The topological polar surface area (TPSA) is 52.1 Å². The van der Waals surface area contributed by atoms with Crippen LogP contribution in [0, 0.1) is 5.92 Å². The molecule has 7 heteroatoms. The van der Waals surface area contributed by atoms with Crippen LogP contribution in [0.1, 0.15) is 25.7 Å². The van der Waals surface area contributed by atoms with Crippen molar-refractivity contribution in [2.45, 2.75) is 25.7 Å². The van der Waals surface area contributed by atoms with E-state index < -0.39 is 0 Å². The van der Waals surface area contributed by atoms with Crippen molar-refractivity contribution < 1.29 is 4.74 Å². The van der Waals surface area contributed by atoms with Gasteiger partial charge in [0.05, 0.1) is 0 Å². The van der Waals surface area contributed by atoms with E-state index in [4.69, 9.17) is 4.74 Å². The van der Waals surface area contributed by atoms with Crippen molar-refractivity contribution in [3.63, 3.8) is 0 Å². The molecule has 0 spiro atoms. The van der Waals surface area contributed by atoms with E-state index in [0.717, 1.165) is 83.7 Å². The molecular weight excluding hydrogens is 477 g/mol. The van der Waals surface area contributed by atoms with Crippen molar-refractivity contribution in [1.29, 1.82) is 0 Å². The predicted molar refractivity (Wildman–Crippen MR) is 133 cm³/mol. The van der Waals surface area contributed by atoms with Gasteiger partial charge in [-0.05, 0) is 50.3 Å². The van der Waals surface area contributed by atoms with Crippen LogP contribution in [0.25, 0.3) is 0 Å². The standard InChI is InChI=1S/C22H37N5O.HI/c1-23-22(25-12-6-18-28-19-20-9-10-20)24-11-5-13-26-14-16-27(17-15-26)21-7-3-2-4-8-21;/h2-4,7-8,20H,5-6,9-19H2,1H3,(H2,23,24,25);1H. The third kappa shape index (κ3) is 9.53. The lowest BCUT2D eigenvalue weighted by Crippen LogP contribution is -2.47. The molecular formula is C22H38IN5O. The summed E-state index contributed by atoms with van der Waals surface area (Å²) in [6, 6.07) is 10.7. The molecule has 2 aliphatic rings. The number of para-hydroxylation sites is 1. The number of aliphatic imine (C=N–C) groups is 1. The fourth-order valence-corrected chi connectivity index (χ4v) is 3.51. The Labute approximate surface area is 193 Å². The number of hydrogen-bond acceptors (Lipinski definition) is 4. The van der Waals surface area contributed by atoms with Gasteiger partial charge in [-0.15, -0.1) is 24.0 Å². The van der Waals surface area contributed by atoms with Crippen LogP contribution in [0.15, 0.2) is 35.3 Å². The first-order chi connectivity index (χ1) is 13.8. The van der Waals surface area contributed by atoms with Crippen LogP contribution in [0.2, 0.25) is 0 Å². The Hall–Kier alpha value is -1.06. The van der Waals surface area contributed by atoms with Crippen LogP contribution in [0.4, 0.5) is 5.69 Å². The zero-order valence-electron chi connectivity index (χ0n) is 17.8. The zero-order valence-corrected chi connectivity index (χ0v) is 20.1. The van der Waals surface area contributed by atoms with Crippen molar-refractivity contribution in [2.75, 3.05) is 71.0 Å². The molecule has 1 heterocycles. The summed E-state index contributed by atoms with van der Waals surface area (Å²) in [5.41, 5.74) is 1.34. The molecule has 0 amide bonds. The summed E-state index contributed by atoms with van der Waals surface area (Å²) in [4.78, 5) is 9.35. The summed E-state index contributed by atoms with van der Waals surface area (Å²) in [5, 5.41) is 6.80. The summed E-state index contributed by atoms with van der Waals surface area (Å²) in [6.07, 6.45) is 4.88. The van der Waals surface area contributed by atoms with E-state index in [1.165, 1.54) is 18.5 Å². The molecule has 164 valence electrons. The summed E-state index contributed by atoms with van der Waals surface area (Å²) in [5.74, 6) is 1.75. The summed E-state index contributed by atoms with van der Waals surface area (Å²) in [7, 11) is 1.84. The first-order valence-corrected chi connectivity index (χ1v) is 10.9. The number of anilines is 1. The highest BCUT2D eigenvalue weighted by molar-refractivity contribution is 14.0. The van der Waals surface area contributed by atoms with E-state index >= 15 is 0 Å². The first kappa shape index (κ1) is 24.2. The van der Waals surface area contributed by atoms with Gasteiger partial charge in [-0.1, -0.05) is 18.2 Å². The summed E-state index contributed by atoms with van der Waals surface area (Å²) >= 11 is 0. The molecule has 1 saturated heterocycles.